The van der Waals surface area contributed by atoms with Crippen LogP contribution in [0.25, 0.3) is 0 Å². The van der Waals surface area contributed by atoms with Crippen molar-refractivity contribution >= 4 is 5.82 Å². The number of rotatable bonds is 4. The minimum Gasteiger partial charge on any atom is -0.381 e. The SMILES string of the molecule is Cc1n[nH]c(C)c1CN(C)c1cc([C@@H]2CCOC2)ncn1. The average Bonchev–Trinajstić information content (AvgIpc) is 3.13. The Morgan fingerprint density at radius 1 is 1.38 bits per heavy atom. The molecule has 0 radical (unpaired) electrons. The number of nitrogens with zero attached hydrogens (tertiary/aromatic N) is 4. The zero-order valence-electron chi connectivity index (χ0n) is 12.8. The number of hydrogen-bond acceptors (Lipinski definition) is 5. The summed E-state index contributed by atoms with van der Waals surface area (Å²) >= 11 is 0. The number of H-pyrrole nitrogens is 1. The first kappa shape index (κ1) is 14.0. The van der Waals surface area contributed by atoms with E-state index in [0.29, 0.717) is 5.92 Å². The molecule has 0 bridgehead atoms. The van der Waals surface area contributed by atoms with E-state index in [0.717, 1.165) is 49.1 Å². The summed E-state index contributed by atoms with van der Waals surface area (Å²) < 4.78 is 5.44. The molecule has 1 N–H and O–H groups in total. The van der Waals surface area contributed by atoms with Gasteiger partial charge in [-0.2, -0.15) is 5.10 Å². The second-order valence-electron chi connectivity index (χ2n) is 5.63. The topological polar surface area (TPSA) is 66.9 Å². The summed E-state index contributed by atoms with van der Waals surface area (Å²) in [6, 6.07) is 2.07. The van der Waals surface area contributed by atoms with Gasteiger partial charge in [-0.25, -0.2) is 9.97 Å². The molecule has 112 valence electrons. The summed E-state index contributed by atoms with van der Waals surface area (Å²) in [4.78, 5) is 10.9. The predicted octanol–water partition coefficient (Wildman–Crippen LogP) is 1.96. The molecule has 2 aromatic rings. The van der Waals surface area contributed by atoms with E-state index < -0.39 is 0 Å². The van der Waals surface area contributed by atoms with Crippen molar-refractivity contribution in [3.8, 4) is 0 Å². The highest BCUT2D eigenvalue weighted by Gasteiger charge is 2.20. The van der Waals surface area contributed by atoms with Crippen LogP contribution >= 0.6 is 0 Å². The first-order chi connectivity index (χ1) is 10.1. The van der Waals surface area contributed by atoms with Crippen molar-refractivity contribution in [2.24, 2.45) is 0 Å². The Morgan fingerprint density at radius 3 is 2.90 bits per heavy atom. The molecule has 0 aliphatic carbocycles. The fourth-order valence-electron chi connectivity index (χ4n) is 2.69. The van der Waals surface area contributed by atoms with Crippen molar-refractivity contribution in [3.63, 3.8) is 0 Å². The van der Waals surface area contributed by atoms with Crippen molar-refractivity contribution in [3.05, 3.63) is 35.0 Å². The van der Waals surface area contributed by atoms with Crippen LogP contribution in [0.4, 0.5) is 5.82 Å². The summed E-state index contributed by atoms with van der Waals surface area (Å²) in [6.07, 6.45) is 2.69. The van der Waals surface area contributed by atoms with Crippen molar-refractivity contribution < 1.29 is 4.74 Å². The lowest BCUT2D eigenvalue weighted by Crippen LogP contribution is -2.19. The van der Waals surface area contributed by atoms with E-state index in [1.54, 1.807) is 6.33 Å². The van der Waals surface area contributed by atoms with Gasteiger partial charge in [-0.15, -0.1) is 0 Å². The largest absolute Gasteiger partial charge is 0.381 e. The predicted molar refractivity (Wildman–Crippen MR) is 80.4 cm³/mol. The van der Waals surface area contributed by atoms with Gasteiger partial charge in [-0.05, 0) is 20.3 Å². The average molecular weight is 287 g/mol. The molecule has 0 saturated carbocycles. The van der Waals surface area contributed by atoms with Crippen LogP contribution in [0.5, 0.6) is 0 Å². The third-order valence-electron chi connectivity index (χ3n) is 4.09. The van der Waals surface area contributed by atoms with Gasteiger partial charge in [0.1, 0.15) is 12.1 Å². The van der Waals surface area contributed by atoms with Crippen LogP contribution in [0.2, 0.25) is 0 Å². The summed E-state index contributed by atoms with van der Waals surface area (Å²) in [5, 5.41) is 7.27. The standard InChI is InChI=1S/C15H21N5O/c1-10-13(11(2)19-18-10)7-20(3)15-6-14(16-9-17-15)12-4-5-21-8-12/h6,9,12H,4-5,7-8H2,1-3H3,(H,18,19)/t12-/m1/s1. The zero-order chi connectivity index (χ0) is 14.8. The maximum atomic E-state index is 5.44. The number of ether oxygens (including phenoxy) is 1. The van der Waals surface area contributed by atoms with Crippen LogP contribution in [-0.2, 0) is 11.3 Å². The Morgan fingerprint density at radius 2 is 2.24 bits per heavy atom. The fourth-order valence-corrected chi connectivity index (χ4v) is 2.69. The second-order valence-corrected chi connectivity index (χ2v) is 5.63. The summed E-state index contributed by atoms with van der Waals surface area (Å²) in [6.45, 7) is 6.44. The summed E-state index contributed by atoms with van der Waals surface area (Å²) in [7, 11) is 2.04. The molecule has 0 unspecified atom stereocenters. The lowest BCUT2D eigenvalue weighted by Gasteiger charge is -2.19. The molecule has 1 aliphatic rings. The Bertz CT molecular complexity index is 599. The number of anilines is 1. The van der Waals surface area contributed by atoms with Crippen LogP contribution in [0.15, 0.2) is 12.4 Å². The zero-order valence-corrected chi connectivity index (χ0v) is 12.8. The Kier molecular flexibility index (Phi) is 3.88. The number of aromatic amines is 1. The van der Waals surface area contributed by atoms with Crippen molar-refractivity contribution in [2.75, 3.05) is 25.2 Å². The molecule has 0 spiro atoms. The fraction of sp³-hybridized carbons (Fsp3) is 0.533. The third kappa shape index (κ3) is 2.90. The molecule has 3 heterocycles. The summed E-state index contributed by atoms with van der Waals surface area (Å²) in [5.74, 6) is 1.34. The normalized spacial score (nSPS) is 18.1. The van der Waals surface area contributed by atoms with Crippen molar-refractivity contribution in [2.45, 2.75) is 32.7 Å². The second kappa shape index (κ2) is 5.81. The van der Waals surface area contributed by atoms with Crippen LogP contribution in [0.1, 0.15) is 35.0 Å². The molecule has 6 heteroatoms. The maximum Gasteiger partial charge on any atom is 0.132 e. The van der Waals surface area contributed by atoms with Crippen LogP contribution in [-0.4, -0.2) is 40.4 Å². The van der Waals surface area contributed by atoms with E-state index in [1.165, 1.54) is 5.56 Å². The van der Waals surface area contributed by atoms with Gasteiger partial charge in [0, 0.05) is 43.4 Å². The molecular weight excluding hydrogens is 266 g/mol. The summed E-state index contributed by atoms with van der Waals surface area (Å²) in [5.41, 5.74) is 4.45. The molecule has 1 aliphatic heterocycles. The highest BCUT2D eigenvalue weighted by Crippen LogP contribution is 2.25. The quantitative estimate of drug-likeness (QED) is 0.931. The van der Waals surface area contributed by atoms with Gasteiger partial charge in [0.2, 0.25) is 0 Å². The van der Waals surface area contributed by atoms with E-state index in [1.807, 2.05) is 20.9 Å². The molecule has 21 heavy (non-hydrogen) atoms. The Hall–Kier alpha value is -1.95. The van der Waals surface area contributed by atoms with Crippen LogP contribution < -0.4 is 4.90 Å². The smallest absolute Gasteiger partial charge is 0.132 e. The Balaban J connectivity index is 1.78. The van der Waals surface area contributed by atoms with Gasteiger partial charge in [-0.1, -0.05) is 0 Å². The molecule has 1 fully saturated rings. The first-order valence-corrected chi connectivity index (χ1v) is 7.26. The lowest BCUT2D eigenvalue weighted by atomic mass is 10.0. The van der Waals surface area contributed by atoms with E-state index >= 15 is 0 Å². The van der Waals surface area contributed by atoms with Gasteiger partial charge in [0.25, 0.3) is 0 Å². The lowest BCUT2D eigenvalue weighted by molar-refractivity contribution is 0.193. The number of nitrogens with one attached hydrogen (secondary N) is 1. The van der Waals surface area contributed by atoms with E-state index in [4.69, 9.17) is 4.74 Å². The van der Waals surface area contributed by atoms with Gasteiger partial charge < -0.3 is 9.64 Å². The molecule has 0 amide bonds. The molecule has 2 aromatic heterocycles. The molecule has 0 aromatic carbocycles. The highest BCUT2D eigenvalue weighted by molar-refractivity contribution is 5.41. The minimum absolute atomic E-state index is 0.401. The number of hydrogen-bond donors (Lipinski definition) is 1. The van der Waals surface area contributed by atoms with Crippen LogP contribution in [0.3, 0.4) is 0 Å². The van der Waals surface area contributed by atoms with Crippen molar-refractivity contribution in [1.29, 1.82) is 0 Å². The van der Waals surface area contributed by atoms with Crippen molar-refractivity contribution in [1.82, 2.24) is 20.2 Å². The number of aryl methyl sites for hydroxylation is 2. The highest BCUT2D eigenvalue weighted by atomic mass is 16.5. The first-order valence-electron chi connectivity index (χ1n) is 7.26. The van der Waals surface area contributed by atoms with Gasteiger partial charge in [0.15, 0.2) is 0 Å². The maximum absolute atomic E-state index is 5.44. The molecular formula is C15H21N5O. The van der Waals surface area contributed by atoms with Gasteiger partial charge in [-0.3, -0.25) is 5.10 Å². The molecule has 6 nitrogen and oxygen atoms in total. The van der Waals surface area contributed by atoms with E-state index in [2.05, 4.69) is 31.1 Å². The van der Waals surface area contributed by atoms with E-state index in [-0.39, 0.29) is 0 Å². The monoisotopic (exact) mass is 287 g/mol. The van der Waals surface area contributed by atoms with Crippen LogP contribution in [0, 0.1) is 13.8 Å². The Labute approximate surface area is 124 Å². The molecule has 1 atom stereocenters. The third-order valence-corrected chi connectivity index (χ3v) is 4.09. The van der Waals surface area contributed by atoms with Gasteiger partial charge >= 0.3 is 0 Å². The number of aromatic nitrogens is 4. The molecule has 1 saturated heterocycles. The van der Waals surface area contributed by atoms with Gasteiger partial charge in [0.05, 0.1) is 18.0 Å². The molecule has 3 rings (SSSR count). The van der Waals surface area contributed by atoms with E-state index in [9.17, 15) is 0 Å². The minimum atomic E-state index is 0.401.